The molecule has 3 aromatic rings. The van der Waals surface area contributed by atoms with Crippen molar-refractivity contribution in [1.82, 2.24) is 14.5 Å². The average Bonchev–Trinajstić information content (AvgIpc) is 3.05. The Bertz CT molecular complexity index is 1070. The molecule has 0 saturated heterocycles. The third-order valence-electron chi connectivity index (χ3n) is 3.88. The van der Waals surface area contributed by atoms with Crippen LogP contribution in [-0.2, 0) is 6.54 Å². The minimum absolute atomic E-state index is 0.0783. The number of nitrogens with one attached hydrogen (secondary N) is 1. The van der Waals surface area contributed by atoms with E-state index in [1.807, 2.05) is 30.3 Å². The number of aryl methyl sites for hydroxylation is 1. The van der Waals surface area contributed by atoms with Crippen LogP contribution in [0, 0.1) is 6.92 Å². The van der Waals surface area contributed by atoms with Crippen LogP contribution >= 0.6 is 11.3 Å². The van der Waals surface area contributed by atoms with E-state index in [4.69, 9.17) is 5.73 Å². The Morgan fingerprint density at radius 2 is 2.00 bits per heavy atom. The Kier molecular flexibility index (Phi) is 4.72. The lowest BCUT2D eigenvalue weighted by Crippen LogP contribution is -2.39. The molecule has 2 aromatic heterocycles. The van der Waals surface area contributed by atoms with Gasteiger partial charge in [-0.1, -0.05) is 30.3 Å². The highest BCUT2D eigenvalue weighted by Crippen LogP contribution is 2.19. The number of benzene rings is 1. The summed E-state index contributed by atoms with van der Waals surface area (Å²) in [4.78, 5) is 44.5. The molecule has 1 amide bonds. The van der Waals surface area contributed by atoms with Crippen LogP contribution in [0.1, 0.15) is 21.1 Å². The average molecular weight is 371 g/mol. The normalized spacial score (nSPS) is 10.7. The van der Waals surface area contributed by atoms with E-state index < -0.39 is 17.2 Å². The number of amides is 1. The van der Waals surface area contributed by atoms with Crippen LogP contribution in [0.25, 0.3) is 0 Å². The Morgan fingerprint density at radius 3 is 2.62 bits per heavy atom. The van der Waals surface area contributed by atoms with Crippen molar-refractivity contribution < 1.29 is 4.79 Å². The molecule has 0 aliphatic carbocycles. The van der Waals surface area contributed by atoms with Gasteiger partial charge in [0.05, 0.1) is 11.6 Å². The van der Waals surface area contributed by atoms with E-state index >= 15 is 0 Å². The second kappa shape index (κ2) is 6.96. The standard InChI is InChI=1S/C17H17N5O3S/c1-10-19-12(9-26-10)16(24)21(2)13-14(18)22(17(25)20-15(13)23)8-11-6-4-3-5-7-11/h3-7,9H,8,18H2,1-2H3,(H,20,23,25). The highest BCUT2D eigenvalue weighted by atomic mass is 32.1. The van der Waals surface area contributed by atoms with Gasteiger partial charge >= 0.3 is 5.69 Å². The van der Waals surface area contributed by atoms with E-state index in [0.29, 0.717) is 0 Å². The predicted molar refractivity (Wildman–Crippen MR) is 101 cm³/mol. The number of aromatic amines is 1. The van der Waals surface area contributed by atoms with Gasteiger partial charge in [-0.15, -0.1) is 11.3 Å². The first-order valence-corrected chi connectivity index (χ1v) is 8.63. The molecular formula is C17H17N5O3S. The van der Waals surface area contributed by atoms with Crippen molar-refractivity contribution in [2.24, 2.45) is 0 Å². The van der Waals surface area contributed by atoms with Crippen LogP contribution in [0.3, 0.4) is 0 Å². The third kappa shape index (κ3) is 3.29. The van der Waals surface area contributed by atoms with E-state index in [1.54, 1.807) is 12.3 Å². The monoisotopic (exact) mass is 371 g/mol. The fourth-order valence-electron chi connectivity index (χ4n) is 2.56. The molecule has 0 bridgehead atoms. The minimum atomic E-state index is -0.723. The third-order valence-corrected chi connectivity index (χ3v) is 4.65. The van der Waals surface area contributed by atoms with Gasteiger partial charge in [-0.25, -0.2) is 9.78 Å². The van der Waals surface area contributed by atoms with Crippen LogP contribution in [-0.4, -0.2) is 27.5 Å². The van der Waals surface area contributed by atoms with Crippen LogP contribution in [0.5, 0.6) is 0 Å². The Balaban J connectivity index is 2.04. The van der Waals surface area contributed by atoms with E-state index in [1.165, 1.54) is 23.0 Å². The zero-order valence-corrected chi connectivity index (χ0v) is 15.0. The Morgan fingerprint density at radius 1 is 1.31 bits per heavy atom. The summed E-state index contributed by atoms with van der Waals surface area (Å²) in [5, 5.41) is 2.34. The summed E-state index contributed by atoms with van der Waals surface area (Å²) < 4.78 is 1.22. The minimum Gasteiger partial charge on any atom is -0.383 e. The summed E-state index contributed by atoms with van der Waals surface area (Å²) in [6.45, 7) is 1.95. The smallest absolute Gasteiger partial charge is 0.330 e. The Labute approximate surface area is 152 Å². The van der Waals surface area contributed by atoms with E-state index in [-0.39, 0.29) is 23.7 Å². The fraction of sp³-hybridized carbons (Fsp3) is 0.176. The molecular weight excluding hydrogens is 354 g/mol. The van der Waals surface area contributed by atoms with Gasteiger partial charge in [-0.05, 0) is 12.5 Å². The fourth-order valence-corrected chi connectivity index (χ4v) is 3.15. The summed E-state index contributed by atoms with van der Waals surface area (Å²) in [5.41, 5.74) is 5.70. The molecule has 26 heavy (non-hydrogen) atoms. The number of carbonyl (C=O) groups excluding carboxylic acids is 1. The maximum atomic E-state index is 12.6. The highest BCUT2D eigenvalue weighted by molar-refractivity contribution is 7.09. The summed E-state index contributed by atoms with van der Waals surface area (Å²) >= 11 is 1.33. The quantitative estimate of drug-likeness (QED) is 0.715. The van der Waals surface area contributed by atoms with Gasteiger partial charge < -0.3 is 10.6 Å². The van der Waals surface area contributed by atoms with E-state index in [9.17, 15) is 14.4 Å². The molecule has 3 N–H and O–H groups in total. The number of hydrogen-bond donors (Lipinski definition) is 2. The molecule has 3 rings (SSSR count). The summed E-state index contributed by atoms with van der Waals surface area (Å²) in [7, 11) is 1.43. The maximum absolute atomic E-state index is 12.6. The molecule has 0 fully saturated rings. The van der Waals surface area contributed by atoms with Crippen molar-refractivity contribution in [3.05, 3.63) is 72.8 Å². The predicted octanol–water partition coefficient (Wildman–Crippen LogP) is 1.21. The van der Waals surface area contributed by atoms with Crippen molar-refractivity contribution in [3.8, 4) is 0 Å². The molecule has 0 saturated carbocycles. The zero-order chi connectivity index (χ0) is 18.8. The first-order valence-electron chi connectivity index (χ1n) is 7.75. The number of nitrogen functional groups attached to an aromatic ring is 1. The van der Waals surface area contributed by atoms with Crippen molar-refractivity contribution >= 4 is 28.7 Å². The summed E-state index contributed by atoms with van der Waals surface area (Å²) in [5.74, 6) is -0.554. The molecule has 0 radical (unpaired) electrons. The van der Waals surface area contributed by atoms with Crippen molar-refractivity contribution in [2.75, 3.05) is 17.7 Å². The van der Waals surface area contributed by atoms with Gasteiger partial charge in [0, 0.05) is 12.4 Å². The van der Waals surface area contributed by atoms with Gasteiger partial charge in [0.25, 0.3) is 11.5 Å². The molecule has 0 aliphatic heterocycles. The van der Waals surface area contributed by atoms with Gasteiger partial charge in [-0.3, -0.25) is 19.1 Å². The molecule has 0 aliphatic rings. The van der Waals surface area contributed by atoms with Crippen LogP contribution < -0.4 is 21.9 Å². The second-order valence-electron chi connectivity index (χ2n) is 5.68. The molecule has 134 valence electrons. The number of nitrogens with zero attached hydrogens (tertiary/aromatic N) is 3. The lowest BCUT2D eigenvalue weighted by atomic mass is 10.2. The number of aromatic nitrogens is 3. The van der Waals surface area contributed by atoms with Crippen LogP contribution in [0.2, 0.25) is 0 Å². The first-order chi connectivity index (χ1) is 12.4. The number of anilines is 2. The lowest BCUT2D eigenvalue weighted by molar-refractivity contribution is 0.0988. The number of hydrogen-bond acceptors (Lipinski definition) is 6. The largest absolute Gasteiger partial charge is 0.383 e. The molecule has 8 nitrogen and oxygen atoms in total. The van der Waals surface area contributed by atoms with Crippen molar-refractivity contribution in [3.63, 3.8) is 0 Å². The zero-order valence-electron chi connectivity index (χ0n) is 14.2. The van der Waals surface area contributed by atoms with Gasteiger partial charge in [0.1, 0.15) is 11.5 Å². The van der Waals surface area contributed by atoms with E-state index in [0.717, 1.165) is 15.5 Å². The second-order valence-corrected chi connectivity index (χ2v) is 6.74. The summed E-state index contributed by atoms with van der Waals surface area (Å²) in [6.07, 6.45) is 0. The van der Waals surface area contributed by atoms with Crippen molar-refractivity contribution in [2.45, 2.75) is 13.5 Å². The molecule has 2 heterocycles. The van der Waals surface area contributed by atoms with Crippen LogP contribution in [0.4, 0.5) is 11.5 Å². The molecule has 9 heteroatoms. The lowest BCUT2D eigenvalue weighted by Gasteiger charge is -2.19. The number of nitrogens with two attached hydrogens (primary N) is 1. The summed E-state index contributed by atoms with van der Waals surface area (Å²) in [6, 6.07) is 9.20. The highest BCUT2D eigenvalue weighted by Gasteiger charge is 2.23. The van der Waals surface area contributed by atoms with Gasteiger partial charge in [-0.2, -0.15) is 0 Å². The number of H-pyrrole nitrogens is 1. The molecule has 1 aromatic carbocycles. The maximum Gasteiger partial charge on any atom is 0.330 e. The van der Waals surface area contributed by atoms with Gasteiger partial charge in [0.2, 0.25) is 0 Å². The molecule has 0 spiro atoms. The number of thiazole rings is 1. The number of carbonyl (C=O) groups is 1. The van der Waals surface area contributed by atoms with E-state index in [2.05, 4.69) is 9.97 Å². The Hall–Kier alpha value is -3.20. The number of rotatable bonds is 4. The van der Waals surface area contributed by atoms with Crippen LogP contribution in [0.15, 0.2) is 45.3 Å². The molecule has 0 atom stereocenters. The topological polar surface area (TPSA) is 114 Å². The van der Waals surface area contributed by atoms with Crippen molar-refractivity contribution in [1.29, 1.82) is 0 Å². The molecule has 0 unspecified atom stereocenters. The SMILES string of the molecule is Cc1nc(C(=O)N(C)c2c(N)n(Cc3ccccc3)c(=O)[nH]c2=O)cs1. The first kappa shape index (κ1) is 17.6. The van der Waals surface area contributed by atoms with Gasteiger partial charge in [0.15, 0.2) is 5.69 Å².